The third kappa shape index (κ3) is 17.6. The predicted octanol–water partition coefficient (Wildman–Crippen LogP) is 3.33. The summed E-state index contributed by atoms with van der Waals surface area (Å²) in [7, 11) is -4.68. The van der Waals surface area contributed by atoms with Crippen molar-refractivity contribution >= 4 is 20.0 Å². The molecule has 13 heteroatoms. The van der Waals surface area contributed by atoms with E-state index in [-0.39, 0.29) is 24.2 Å². The van der Waals surface area contributed by atoms with Gasteiger partial charge in [0.25, 0.3) is 0 Å². The zero-order valence-corrected chi connectivity index (χ0v) is 26.0. The number of unbranched alkanes of at least 4 members (excludes halogenated alkanes) is 6. The van der Waals surface area contributed by atoms with E-state index < -0.39 is 20.5 Å². The number of pyridine rings is 1. The minimum Gasteiger partial charge on any atom is -0.505 e. The van der Waals surface area contributed by atoms with E-state index in [1.54, 1.807) is 20.8 Å². The number of aliphatic hydroxyl groups is 1. The van der Waals surface area contributed by atoms with Crippen LogP contribution in [0.1, 0.15) is 82.5 Å². The minimum absolute atomic E-state index is 0.00899. The average molecular weight is 603 g/mol. The van der Waals surface area contributed by atoms with Gasteiger partial charge in [-0.25, -0.2) is 4.57 Å². The van der Waals surface area contributed by atoms with Gasteiger partial charge in [-0.05, 0) is 26.8 Å². The van der Waals surface area contributed by atoms with Gasteiger partial charge in [-0.15, -0.1) is 0 Å². The Kier molecular flexibility index (Phi) is 18.9. The molecule has 0 amide bonds. The van der Waals surface area contributed by atoms with E-state index in [4.69, 9.17) is 14.5 Å². The molecule has 0 radical (unpaired) electrons. The Bertz CT molecular complexity index is 957. The number of ether oxygens (including phenoxy) is 1. The number of aryl methyl sites for hydroxylation is 1. The molecule has 0 aliphatic carbocycles. The number of aliphatic hydroxyl groups excluding tert-OH is 1. The van der Waals surface area contributed by atoms with Crippen molar-refractivity contribution in [1.82, 2.24) is 15.2 Å². The number of hydrogen-bond acceptors (Lipinski definition) is 10. The molecule has 0 fully saturated rings. The SMILES string of the molecule is CCCCCCCCCN(CCN=Cc1c(COP(=O)(O)O)cnc(C)c1O)CCNCC(C)C(=O)OC[C@@H](C)O. The van der Waals surface area contributed by atoms with Gasteiger partial charge >= 0.3 is 13.8 Å². The highest BCUT2D eigenvalue weighted by Gasteiger charge is 2.18. The summed E-state index contributed by atoms with van der Waals surface area (Å²) in [5.41, 5.74) is 1.02. The number of nitrogens with one attached hydrogen (secondary N) is 1. The van der Waals surface area contributed by atoms with Crippen LogP contribution in [-0.2, 0) is 25.2 Å². The zero-order chi connectivity index (χ0) is 30.7. The molecule has 1 aromatic heterocycles. The van der Waals surface area contributed by atoms with Crippen LogP contribution in [0.2, 0.25) is 0 Å². The Morgan fingerprint density at radius 1 is 1.15 bits per heavy atom. The van der Waals surface area contributed by atoms with Crippen molar-refractivity contribution in [2.75, 3.05) is 45.9 Å². The second-order valence-corrected chi connectivity index (χ2v) is 11.7. The van der Waals surface area contributed by atoms with Gasteiger partial charge in [-0.3, -0.25) is 19.3 Å². The lowest BCUT2D eigenvalue weighted by Gasteiger charge is -2.22. The van der Waals surface area contributed by atoms with Gasteiger partial charge in [-0.2, -0.15) is 0 Å². The minimum atomic E-state index is -4.68. The van der Waals surface area contributed by atoms with E-state index in [9.17, 15) is 19.6 Å². The van der Waals surface area contributed by atoms with E-state index >= 15 is 0 Å². The average Bonchev–Trinajstić information content (AvgIpc) is 2.91. The first-order valence-electron chi connectivity index (χ1n) is 14.6. The monoisotopic (exact) mass is 602 g/mol. The molecule has 2 atom stereocenters. The van der Waals surface area contributed by atoms with Crippen LogP contribution in [0, 0.1) is 12.8 Å². The fourth-order valence-corrected chi connectivity index (χ4v) is 4.34. The van der Waals surface area contributed by atoms with Crippen LogP contribution in [0.25, 0.3) is 0 Å². The molecule has 1 aromatic rings. The topological polar surface area (TPSA) is 174 Å². The van der Waals surface area contributed by atoms with Gasteiger partial charge in [0.2, 0.25) is 0 Å². The molecule has 41 heavy (non-hydrogen) atoms. The number of carbonyl (C=O) groups excluding carboxylic acids is 1. The molecule has 5 N–H and O–H groups in total. The summed E-state index contributed by atoms with van der Waals surface area (Å²) in [5.74, 6) is -0.770. The van der Waals surface area contributed by atoms with Gasteiger partial charge < -0.3 is 35.0 Å². The van der Waals surface area contributed by atoms with Gasteiger partial charge in [0.05, 0.1) is 30.9 Å². The van der Waals surface area contributed by atoms with Crippen molar-refractivity contribution in [2.24, 2.45) is 10.9 Å². The molecule has 0 aliphatic rings. The summed E-state index contributed by atoms with van der Waals surface area (Å²) in [6.07, 6.45) is 10.7. The zero-order valence-electron chi connectivity index (χ0n) is 25.1. The van der Waals surface area contributed by atoms with Crippen LogP contribution in [0.15, 0.2) is 11.2 Å². The number of esters is 1. The van der Waals surface area contributed by atoms with Crippen molar-refractivity contribution in [3.05, 3.63) is 23.0 Å². The van der Waals surface area contributed by atoms with Crippen LogP contribution < -0.4 is 5.32 Å². The van der Waals surface area contributed by atoms with Crippen molar-refractivity contribution in [1.29, 1.82) is 0 Å². The summed E-state index contributed by atoms with van der Waals surface area (Å²) in [6, 6.07) is 0. The number of aromatic hydroxyl groups is 1. The summed E-state index contributed by atoms with van der Waals surface area (Å²) < 4.78 is 20.8. The highest BCUT2D eigenvalue weighted by molar-refractivity contribution is 7.46. The van der Waals surface area contributed by atoms with Gasteiger partial charge in [0, 0.05) is 49.7 Å². The predicted molar refractivity (Wildman–Crippen MR) is 159 cm³/mol. The molecule has 236 valence electrons. The maximum atomic E-state index is 12.0. The highest BCUT2D eigenvalue weighted by Crippen LogP contribution is 2.37. The Morgan fingerprint density at radius 2 is 1.83 bits per heavy atom. The van der Waals surface area contributed by atoms with Crippen molar-refractivity contribution < 1.29 is 38.6 Å². The Labute approximate surface area is 244 Å². The number of hydrogen-bond donors (Lipinski definition) is 5. The van der Waals surface area contributed by atoms with E-state index in [1.165, 1.54) is 44.5 Å². The number of rotatable bonds is 23. The second-order valence-electron chi connectivity index (χ2n) is 10.5. The summed E-state index contributed by atoms with van der Waals surface area (Å²) in [4.78, 5) is 40.9. The number of phosphoric acid groups is 1. The van der Waals surface area contributed by atoms with E-state index in [0.29, 0.717) is 43.0 Å². The van der Waals surface area contributed by atoms with Crippen LogP contribution in [0.3, 0.4) is 0 Å². The normalized spacial score (nSPS) is 13.7. The Hall–Kier alpha value is -1.92. The highest BCUT2D eigenvalue weighted by atomic mass is 31.2. The molecule has 12 nitrogen and oxygen atoms in total. The number of carbonyl (C=O) groups is 1. The summed E-state index contributed by atoms with van der Waals surface area (Å²) in [6.45, 7) is 10.8. The Morgan fingerprint density at radius 3 is 2.49 bits per heavy atom. The van der Waals surface area contributed by atoms with Gasteiger partial charge in [0.15, 0.2) is 0 Å². The number of aliphatic imine (C=N–C) groups is 1. The van der Waals surface area contributed by atoms with Crippen LogP contribution >= 0.6 is 7.82 Å². The van der Waals surface area contributed by atoms with E-state index in [0.717, 1.165) is 25.9 Å². The standard InChI is InChI=1S/C28H51N4O8P/c1-5-6-7-8-9-10-11-14-32(15-12-29-17-22(2)28(35)39-20-23(3)33)16-13-30-19-26-25(21-40-41(36,37)38)18-31-24(4)27(26)34/h18-19,22-23,29,33-34H,5-17,20-21H2,1-4H3,(H2,36,37,38)/t22?,23-/m1/s1. The van der Waals surface area contributed by atoms with Crippen LogP contribution in [0.4, 0.5) is 0 Å². The number of aromatic nitrogens is 1. The fraction of sp³-hybridized carbons (Fsp3) is 0.750. The molecule has 1 heterocycles. The molecule has 0 aromatic carbocycles. The largest absolute Gasteiger partial charge is 0.505 e. The van der Waals surface area contributed by atoms with Crippen molar-refractivity contribution in [3.63, 3.8) is 0 Å². The fourth-order valence-electron chi connectivity index (χ4n) is 4.03. The summed E-state index contributed by atoms with van der Waals surface area (Å²) >= 11 is 0. The lowest BCUT2D eigenvalue weighted by atomic mass is 10.1. The van der Waals surface area contributed by atoms with Gasteiger partial charge in [0.1, 0.15) is 12.4 Å². The number of phosphoric ester groups is 1. The third-order valence-electron chi connectivity index (χ3n) is 6.51. The molecule has 1 unspecified atom stereocenters. The number of nitrogens with zero attached hydrogens (tertiary/aromatic N) is 3. The van der Waals surface area contributed by atoms with Crippen LogP contribution in [-0.4, -0.2) is 94.0 Å². The van der Waals surface area contributed by atoms with Crippen LogP contribution in [0.5, 0.6) is 5.75 Å². The van der Waals surface area contributed by atoms with Crippen molar-refractivity contribution in [3.8, 4) is 5.75 Å². The molecule has 1 rings (SSSR count). The smallest absolute Gasteiger partial charge is 0.469 e. The molecule has 0 aliphatic heterocycles. The van der Waals surface area contributed by atoms with Crippen molar-refractivity contribution in [2.45, 2.75) is 85.4 Å². The van der Waals surface area contributed by atoms with Gasteiger partial charge in [-0.1, -0.05) is 52.4 Å². The Balaban J connectivity index is 2.68. The molecule has 0 saturated carbocycles. The molecular formula is C28H51N4O8P. The maximum Gasteiger partial charge on any atom is 0.469 e. The third-order valence-corrected chi connectivity index (χ3v) is 6.98. The molecule has 0 spiro atoms. The molecule has 0 bridgehead atoms. The first-order valence-corrected chi connectivity index (χ1v) is 16.1. The lowest BCUT2D eigenvalue weighted by molar-refractivity contribution is -0.150. The summed E-state index contributed by atoms with van der Waals surface area (Å²) in [5, 5.41) is 23.1. The molecule has 0 saturated heterocycles. The first kappa shape index (κ1) is 37.1. The van der Waals surface area contributed by atoms with E-state index in [1.807, 2.05) is 0 Å². The first-order chi connectivity index (χ1) is 19.4. The van der Waals surface area contributed by atoms with E-state index in [2.05, 4.69) is 31.6 Å². The molecular weight excluding hydrogens is 551 g/mol. The second kappa shape index (κ2) is 20.9. The lowest BCUT2D eigenvalue weighted by Crippen LogP contribution is -2.37. The quantitative estimate of drug-likeness (QED) is 0.0538. The maximum absolute atomic E-state index is 12.0.